The first-order valence-electron chi connectivity index (χ1n) is 8.72. The molecule has 28 heavy (non-hydrogen) atoms. The minimum atomic E-state index is -0.434. The SMILES string of the molecule is Cc1ccc(-n2c(=O)c3ccccc3c3nc4ccccn4c32)cc1[N+](=O)[O-]. The average molecular weight is 370 g/mol. The van der Waals surface area contributed by atoms with Crippen LogP contribution in [0.5, 0.6) is 0 Å². The fourth-order valence-corrected chi connectivity index (χ4v) is 3.64. The van der Waals surface area contributed by atoms with E-state index in [1.54, 1.807) is 31.2 Å². The molecule has 0 atom stereocenters. The summed E-state index contributed by atoms with van der Waals surface area (Å²) in [5.74, 6) is 0. The van der Waals surface area contributed by atoms with E-state index in [9.17, 15) is 14.9 Å². The molecule has 0 aliphatic heterocycles. The minimum absolute atomic E-state index is 0.0282. The summed E-state index contributed by atoms with van der Waals surface area (Å²) in [4.78, 5) is 29.1. The van der Waals surface area contributed by atoms with Crippen LogP contribution in [0.15, 0.2) is 71.7 Å². The molecule has 0 unspecified atom stereocenters. The van der Waals surface area contributed by atoms with Crippen LogP contribution in [-0.4, -0.2) is 18.9 Å². The molecule has 0 aliphatic rings. The van der Waals surface area contributed by atoms with E-state index in [2.05, 4.69) is 0 Å². The molecule has 5 rings (SSSR count). The number of nitrogens with zero attached hydrogens (tertiary/aromatic N) is 4. The van der Waals surface area contributed by atoms with E-state index in [1.807, 2.05) is 40.9 Å². The van der Waals surface area contributed by atoms with Gasteiger partial charge in [0.2, 0.25) is 0 Å². The summed E-state index contributed by atoms with van der Waals surface area (Å²) in [6.45, 7) is 1.68. The van der Waals surface area contributed by atoms with Crippen molar-refractivity contribution in [1.29, 1.82) is 0 Å². The monoisotopic (exact) mass is 370 g/mol. The van der Waals surface area contributed by atoms with E-state index < -0.39 is 4.92 Å². The van der Waals surface area contributed by atoms with Crippen LogP contribution in [0.3, 0.4) is 0 Å². The van der Waals surface area contributed by atoms with Crippen LogP contribution in [-0.2, 0) is 0 Å². The smallest absolute Gasteiger partial charge is 0.274 e. The molecular formula is C21H14N4O3. The van der Waals surface area contributed by atoms with Crippen LogP contribution >= 0.6 is 0 Å². The van der Waals surface area contributed by atoms with Crippen molar-refractivity contribution in [3.63, 3.8) is 0 Å². The van der Waals surface area contributed by atoms with Crippen molar-refractivity contribution < 1.29 is 4.92 Å². The quantitative estimate of drug-likeness (QED) is 0.347. The van der Waals surface area contributed by atoms with Gasteiger partial charge in [0.05, 0.1) is 10.6 Å². The maximum Gasteiger partial charge on any atom is 0.274 e. The number of benzene rings is 2. The Morgan fingerprint density at radius 2 is 1.75 bits per heavy atom. The van der Waals surface area contributed by atoms with Gasteiger partial charge in [0.1, 0.15) is 11.2 Å². The fraction of sp³-hybridized carbons (Fsp3) is 0.0476. The molecule has 0 spiro atoms. The summed E-state index contributed by atoms with van der Waals surface area (Å²) in [5, 5.41) is 12.7. The average Bonchev–Trinajstić information content (AvgIpc) is 3.09. The second-order valence-corrected chi connectivity index (χ2v) is 6.63. The zero-order valence-electron chi connectivity index (χ0n) is 14.9. The number of hydrogen-bond acceptors (Lipinski definition) is 4. The number of fused-ring (bicyclic) bond motifs is 5. The van der Waals surface area contributed by atoms with E-state index in [-0.39, 0.29) is 11.2 Å². The third kappa shape index (κ3) is 2.16. The molecule has 0 amide bonds. The highest BCUT2D eigenvalue weighted by molar-refractivity contribution is 6.04. The van der Waals surface area contributed by atoms with Crippen LogP contribution < -0.4 is 5.56 Å². The molecule has 5 aromatic rings. The zero-order chi connectivity index (χ0) is 19.4. The number of nitro groups is 1. The van der Waals surface area contributed by atoms with Gasteiger partial charge in [-0.05, 0) is 31.2 Å². The van der Waals surface area contributed by atoms with E-state index >= 15 is 0 Å². The highest BCUT2D eigenvalue weighted by Gasteiger charge is 2.19. The van der Waals surface area contributed by atoms with E-state index in [1.165, 1.54) is 10.6 Å². The number of imidazole rings is 1. The molecule has 3 aromatic heterocycles. The maximum absolute atomic E-state index is 13.4. The van der Waals surface area contributed by atoms with Crippen molar-refractivity contribution in [2.45, 2.75) is 6.92 Å². The van der Waals surface area contributed by atoms with Gasteiger partial charge in [-0.1, -0.05) is 30.3 Å². The summed E-state index contributed by atoms with van der Waals surface area (Å²) in [7, 11) is 0. The number of aryl methyl sites for hydroxylation is 1. The van der Waals surface area contributed by atoms with E-state index in [0.717, 1.165) is 5.39 Å². The van der Waals surface area contributed by atoms with Crippen LogP contribution in [0, 0.1) is 17.0 Å². The molecule has 0 aliphatic carbocycles. The minimum Gasteiger partial charge on any atom is -0.285 e. The lowest BCUT2D eigenvalue weighted by atomic mass is 10.1. The van der Waals surface area contributed by atoms with Gasteiger partial charge in [0.25, 0.3) is 11.2 Å². The van der Waals surface area contributed by atoms with Crippen molar-refractivity contribution in [3.8, 4) is 5.69 Å². The third-order valence-electron chi connectivity index (χ3n) is 4.98. The largest absolute Gasteiger partial charge is 0.285 e. The van der Waals surface area contributed by atoms with Gasteiger partial charge in [-0.3, -0.25) is 23.9 Å². The molecule has 0 N–H and O–H groups in total. The summed E-state index contributed by atoms with van der Waals surface area (Å²) in [5.41, 5.74) is 2.65. The molecule has 0 fully saturated rings. The molecular weight excluding hydrogens is 356 g/mol. The molecule has 7 nitrogen and oxygen atoms in total. The Labute approximate surface area is 158 Å². The number of pyridine rings is 2. The van der Waals surface area contributed by atoms with Gasteiger partial charge < -0.3 is 0 Å². The van der Waals surface area contributed by atoms with Crippen LogP contribution in [0.25, 0.3) is 33.3 Å². The van der Waals surface area contributed by atoms with Crippen LogP contribution in [0.1, 0.15) is 5.56 Å². The molecule has 7 heteroatoms. The fourth-order valence-electron chi connectivity index (χ4n) is 3.64. The topological polar surface area (TPSA) is 82.4 Å². The lowest BCUT2D eigenvalue weighted by molar-refractivity contribution is -0.385. The van der Waals surface area contributed by atoms with Gasteiger partial charge in [-0.15, -0.1) is 0 Å². The predicted octanol–water partition coefficient (Wildman–Crippen LogP) is 4.01. The Hall–Kier alpha value is -4.00. The highest BCUT2D eigenvalue weighted by atomic mass is 16.6. The first kappa shape index (κ1) is 16.2. The molecule has 136 valence electrons. The maximum atomic E-state index is 13.4. The molecule has 0 saturated heterocycles. The van der Waals surface area contributed by atoms with Crippen LogP contribution in [0.4, 0.5) is 5.69 Å². The Kier molecular flexibility index (Phi) is 3.33. The Morgan fingerprint density at radius 3 is 2.54 bits per heavy atom. The number of nitro benzene ring substituents is 1. The summed E-state index contributed by atoms with van der Waals surface area (Å²) >= 11 is 0. The van der Waals surface area contributed by atoms with Crippen molar-refractivity contribution in [2.75, 3.05) is 0 Å². The zero-order valence-corrected chi connectivity index (χ0v) is 14.9. The summed E-state index contributed by atoms with van der Waals surface area (Å²) < 4.78 is 3.33. The Morgan fingerprint density at radius 1 is 1.00 bits per heavy atom. The Bertz CT molecular complexity index is 1480. The van der Waals surface area contributed by atoms with Crippen molar-refractivity contribution >= 4 is 33.3 Å². The van der Waals surface area contributed by atoms with Crippen LogP contribution in [0.2, 0.25) is 0 Å². The normalized spacial score (nSPS) is 11.5. The second-order valence-electron chi connectivity index (χ2n) is 6.63. The van der Waals surface area contributed by atoms with Crippen molar-refractivity contribution in [2.24, 2.45) is 0 Å². The van der Waals surface area contributed by atoms with Crippen molar-refractivity contribution in [3.05, 3.63) is 92.9 Å². The number of hydrogen-bond donors (Lipinski definition) is 0. The van der Waals surface area contributed by atoms with E-state index in [4.69, 9.17) is 4.98 Å². The Balaban J connectivity index is 2.03. The van der Waals surface area contributed by atoms with Gasteiger partial charge in [-0.2, -0.15) is 0 Å². The predicted molar refractivity (Wildman–Crippen MR) is 107 cm³/mol. The van der Waals surface area contributed by atoms with Gasteiger partial charge in [-0.25, -0.2) is 4.98 Å². The molecule has 0 saturated carbocycles. The number of aromatic nitrogens is 3. The van der Waals surface area contributed by atoms with Gasteiger partial charge in [0.15, 0.2) is 5.65 Å². The first-order valence-corrected chi connectivity index (χ1v) is 8.72. The third-order valence-corrected chi connectivity index (χ3v) is 4.98. The molecule has 0 radical (unpaired) electrons. The first-order chi connectivity index (χ1) is 13.6. The summed E-state index contributed by atoms with van der Waals surface area (Å²) in [6.07, 6.45) is 1.83. The second kappa shape index (κ2) is 5.75. The van der Waals surface area contributed by atoms with Crippen molar-refractivity contribution in [1.82, 2.24) is 14.0 Å². The lowest BCUT2D eigenvalue weighted by Crippen LogP contribution is -2.20. The number of rotatable bonds is 2. The molecule has 2 aromatic carbocycles. The lowest BCUT2D eigenvalue weighted by Gasteiger charge is -2.11. The highest BCUT2D eigenvalue weighted by Crippen LogP contribution is 2.28. The standard InChI is InChI=1S/C21H14N4O3/c1-13-9-10-14(12-17(13)25(27)28)24-20-19(22-18-8-4-5-11-23(18)20)15-6-2-3-7-16(15)21(24)26/h2-12H,1H3. The van der Waals surface area contributed by atoms with E-state index in [0.29, 0.717) is 33.4 Å². The molecule has 0 bridgehead atoms. The van der Waals surface area contributed by atoms with Gasteiger partial charge in [0, 0.05) is 28.6 Å². The van der Waals surface area contributed by atoms with Gasteiger partial charge >= 0.3 is 0 Å². The molecule has 3 heterocycles. The summed E-state index contributed by atoms with van der Waals surface area (Å²) in [6, 6.07) is 17.7.